The highest BCUT2D eigenvalue weighted by Crippen LogP contribution is 2.14. The molecule has 5 nitrogen and oxygen atoms in total. The van der Waals surface area contributed by atoms with Gasteiger partial charge in [0, 0.05) is 18.4 Å². The molecule has 0 aliphatic heterocycles. The maximum Gasteiger partial charge on any atom is 0.255 e. The van der Waals surface area contributed by atoms with Gasteiger partial charge in [0.25, 0.3) is 5.91 Å². The van der Waals surface area contributed by atoms with Crippen LogP contribution in [0.1, 0.15) is 27.2 Å². The molecule has 1 amide bonds. The lowest BCUT2D eigenvalue weighted by Crippen LogP contribution is -2.27. The van der Waals surface area contributed by atoms with E-state index in [2.05, 4.69) is 40.8 Å². The number of aryl methyl sites for hydroxylation is 2. The molecule has 0 atom stereocenters. The van der Waals surface area contributed by atoms with Gasteiger partial charge in [0.05, 0.1) is 11.3 Å². The molecule has 2 rings (SSSR count). The summed E-state index contributed by atoms with van der Waals surface area (Å²) in [5.74, 6) is 5.26. The van der Waals surface area contributed by atoms with Crippen LogP contribution in [0.2, 0.25) is 0 Å². The largest absolute Gasteiger partial charge is 0.352 e. The molecule has 1 heterocycles. The highest BCUT2D eigenvalue weighted by atomic mass is 16.1. The average molecular weight is 284 g/mol. The number of hydrogen-bond acceptors (Lipinski definition) is 4. The van der Waals surface area contributed by atoms with Gasteiger partial charge in [0.1, 0.15) is 0 Å². The first-order chi connectivity index (χ1) is 10.1. The summed E-state index contributed by atoms with van der Waals surface area (Å²) < 4.78 is 0. The monoisotopic (exact) mass is 284 g/mol. The summed E-state index contributed by atoms with van der Waals surface area (Å²) in [6.07, 6.45) is 2.32. The molecule has 0 saturated carbocycles. The Morgan fingerprint density at radius 3 is 2.81 bits per heavy atom. The number of amides is 1. The van der Waals surface area contributed by atoms with E-state index in [0.717, 1.165) is 12.1 Å². The molecule has 21 heavy (non-hydrogen) atoms. The van der Waals surface area contributed by atoms with Crippen LogP contribution in [0.4, 0.5) is 5.69 Å². The highest BCUT2D eigenvalue weighted by Gasteiger charge is 2.11. The van der Waals surface area contributed by atoms with E-state index in [-0.39, 0.29) is 5.91 Å². The first-order valence-electron chi connectivity index (χ1n) is 6.87. The summed E-state index contributed by atoms with van der Waals surface area (Å²) in [5, 5.41) is 2.89. The predicted molar refractivity (Wildman–Crippen MR) is 84.0 cm³/mol. The summed E-state index contributed by atoms with van der Waals surface area (Å²) in [6.45, 7) is 4.47. The van der Waals surface area contributed by atoms with Crippen LogP contribution in [0.15, 0.2) is 36.5 Å². The molecular formula is C16H20N4O. The Kier molecular flexibility index (Phi) is 4.90. The fourth-order valence-electron chi connectivity index (χ4n) is 2.14. The van der Waals surface area contributed by atoms with Gasteiger partial charge in [-0.2, -0.15) is 0 Å². The van der Waals surface area contributed by atoms with Crippen molar-refractivity contribution in [2.24, 2.45) is 5.84 Å². The maximum atomic E-state index is 12.1. The number of hydrazine groups is 1. The zero-order valence-corrected chi connectivity index (χ0v) is 12.3. The molecule has 1 aromatic heterocycles. The number of carbonyl (C=O) groups is 1. The molecule has 0 saturated heterocycles. The third-order valence-electron chi connectivity index (χ3n) is 3.22. The molecular weight excluding hydrogens is 264 g/mol. The molecule has 5 heteroatoms. The maximum absolute atomic E-state index is 12.1. The summed E-state index contributed by atoms with van der Waals surface area (Å²) in [7, 11) is 0. The van der Waals surface area contributed by atoms with Crippen molar-refractivity contribution in [1.29, 1.82) is 0 Å². The van der Waals surface area contributed by atoms with Gasteiger partial charge in [-0.1, -0.05) is 29.8 Å². The topological polar surface area (TPSA) is 80.0 Å². The third-order valence-corrected chi connectivity index (χ3v) is 3.22. The van der Waals surface area contributed by atoms with Gasteiger partial charge >= 0.3 is 0 Å². The second-order valence-corrected chi connectivity index (χ2v) is 5.01. The lowest BCUT2D eigenvalue weighted by molar-refractivity contribution is 0.0954. The van der Waals surface area contributed by atoms with Gasteiger partial charge in [-0.15, -0.1) is 0 Å². The second-order valence-electron chi connectivity index (χ2n) is 5.01. The molecule has 0 unspecified atom stereocenters. The number of nitrogens with one attached hydrogen (secondary N) is 2. The SMILES string of the molecule is Cc1cccc(CCNC(=O)c2cnc(C)cc2NN)c1. The van der Waals surface area contributed by atoms with E-state index in [9.17, 15) is 4.79 Å². The molecule has 4 N–H and O–H groups in total. The van der Waals surface area contributed by atoms with E-state index in [1.807, 2.05) is 13.0 Å². The molecule has 2 aromatic rings. The molecule has 0 radical (unpaired) electrons. The number of hydrogen-bond donors (Lipinski definition) is 3. The van der Waals surface area contributed by atoms with Crippen LogP contribution in [0.25, 0.3) is 0 Å². The Morgan fingerprint density at radius 2 is 2.10 bits per heavy atom. The number of nitrogens with two attached hydrogens (primary N) is 1. The summed E-state index contributed by atoms with van der Waals surface area (Å²) in [6, 6.07) is 9.99. The number of carbonyl (C=O) groups excluding carboxylic acids is 1. The van der Waals surface area contributed by atoms with Crippen LogP contribution in [-0.2, 0) is 6.42 Å². The van der Waals surface area contributed by atoms with Crippen molar-refractivity contribution in [3.8, 4) is 0 Å². The van der Waals surface area contributed by atoms with E-state index in [4.69, 9.17) is 5.84 Å². The van der Waals surface area contributed by atoms with E-state index in [0.29, 0.717) is 17.8 Å². The van der Waals surface area contributed by atoms with Gasteiger partial charge in [-0.05, 0) is 31.9 Å². The average Bonchev–Trinajstić information content (AvgIpc) is 2.47. The Bertz CT molecular complexity index is 640. The zero-order valence-electron chi connectivity index (χ0n) is 12.3. The van der Waals surface area contributed by atoms with E-state index in [1.54, 1.807) is 6.07 Å². The molecule has 0 aliphatic carbocycles. The Balaban J connectivity index is 1.96. The van der Waals surface area contributed by atoms with Gasteiger partial charge in [-0.25, -0.2) is 0 Å². The number of nitrogens with zero attached hydrogens (tertiary/aromatic N) is 1. The van der Waals surface area contributed by atoms with E-state index < -0.39 is 0 Å². The van der Waals surface area contributed by atoms with Crippen molar-refractivity contribution in [2.75, 3.05) is 12.0 Å². The number of pyridine rings is 1. The fourth-order valence-corrected chi connectivity index (χ4v) is 2.14. The normalized spacial score (nSPS) is 10.2. The van der Waals surface area contributed by atoms with Crippen molar-refractivity contribution < 1.29 is 4.79 Å². The fraction of sp³-hybridized carbons (Fsp3) is 0.250. The Morgan fingerprint density at radius 1 is 1.29 bits per heavy atom. The molecule has 0 fully saturated rings. The number of rotatable bonds is 5. The lowest BCUT2D eigenvalue weighted by atomic mass is 10.1. The Labute approximate surface area is 124 Å². The summed E-state index contributed by atoms with van der Waals surface area (Å²) in [5.41, 5.74) is 6.79. The lowest BCUT2D eigenvalue weighted by Gasteiger charge is -2.10. The molecule has 0 bridgehead atoms. The van der Waals surface area contributed by atoms with Crippen LogP contribution >= 0.6 is 0 Å². The van der Waals surface area contributed by atoms with Crippen molar-refractivity contribution in [2.45, 2.75) is 20.3 Å². The van der Waals surface area contributed by atoms with Crippen LogP contribution in [0, 0.1) is 13.8 Å². The van der Waals surface area contributed by atoms with Gasteiger partial charge in [0.15, 0.2) is 0 Å². The minimum atomic E-state index is -0.178. The van der Waals surface area contributed by atoms with Crippen LogP contribution in [0.3, 0.4) is 0 Å². The first kappa shape index (κ1) is 15.0. The van der Waals surface area contributed by atoms with E-state index in [1.165, 1.54) is 17.3 Å². The number of nitrogen functional groups attached to an aromatic ring is 1. The zero-order chi connectivity index (χ0) is 15.2. The number of anilines is 1. The number of aromatic nitrogens is 1. The smallest absolute Gasteiger partial charge is 0.255 e. The minimum absolute atomic E-state index is 0.178. The second kappa shape index (κ2) is 6.85. The van der Waals surface area contributed by atoms with Gasteiger partial charge in [-0.3, -0.25) is 15.6 Å². The van der Waals surface area contributed by atoms with Crippen LogP contribution < -0.4 is 16.6 Å². The quantitative estimate of drug-likeness (QED) is 0.579. The molecule has 0 aliphatic rings. The predicted octanol–water partition coefficient (Wildman–Crippen LogP) is 1.96. The molecule has 110 valence electrons. The summed E-state index contributed by atoms with van der Waals surface area (Å²) in [4.78, 5) is 16.3. The molecule has 0 spiro atoms. The standard InChI is InChI=1S/C16H20N4O/c1-11-4-3-5-13(8-11)6-7-18-16(21)14-10-19-12(2)9-15(14)20-17/h3-5,8-10H,6-7,17H2,1-2H3,(H,18,21)(H,19,20). The molecule has 1 aromatic carbocycles. The number of benzene rings is 1. The van der Waals surface area contributed by atoms with Crippen molar-refractivity contribution >= 4 is 11.6 Å². The van der Waals surface area contributed by atoms with Crippen LogP contribution in [-0.4, -0.2) is 17.4 Å². The van der Waals surface area contributed by atoms with Gasteiger partial charge < -0.3 is 10.7 Å². The highest BCUT2D eigenvalue weighted by molar-refractivity contribution is 5.99. The van der Waals surface area contributed by atoms with Gasteiger partial charge in [0.2, 0.25) is 0 Å². The van der Waals surface area contributed by atoms with Crippen molar-refractivity contribution in [1.82, 2.24) is 10.3 Å². The summed E-state index contributed by atoms with van der Waals surface area (Å²) >= 11 is 0. The van der Waals surface area contributed by atoms with E-state index >= 15 is 0 Å². The first-order valence-corrected chi connectivity index (χ1v) is 6.87. The minimum Gasteiger partial charge on any atom is -0.352 e. The van der Waals surface area contributed by atoms with Crippen LogP contribution in [0.5, 0.6) is 0 Å². The Hall–Kier alpha value is -2.40. The third kappa shape index (κ3) is 4.03. The van der Waals surface area contributed by atoms with Crippen molar-refractivity contribution in [3.63, 3.8) is 0 Å². The van der Waals surface area contributed by atoms with Crippen molar-refractivity contribution in [3.05, 3.63) is 58.9 Å².